The maximum absolute atomic E-state index is 5.99. The van der Waals surface area contributed by atoms with E-state index in [1.165, 1.54) is 5.56 Å². The lowest BCUT2D eigenvalue weighted by Crippen LogP contribution is -2.45. The Morgan fingerprint density at radius 3 is 2.88 bits per heavy atom. The van der Waals surface area contributed by atoms with Crippen LogP contribution in [0.5, 0.6) is 0 Å². The van der Waals surface area contributed by atoms with Crippen molar-refractivity contribution in [1.82, 2.24) is 4.98 Å². The molecule has 2 rings (SSSR count). The minimum atomic E-state index is -0.166. The summed E-state index contributed by atoms with van der Waals surface area (Å²) in [6.07, 6.45) is 6.34. The van der Waals surface area contributed by atoms with Gasteiger partial charge in [-0.1, -0.05) is 6.07 Å². The lowest BCUT2D eigenvalue weighted by molar-refractivity contribution is -0.104. The summed E-state index contributed by atoms with van der Waals surface area (Å²) in [4.78, 5) is 4.09. The molecule has 2 N–H and O–H groups in total. The summed E-state index contributed by atoms with van der Waals surface area (Å²) in [5.74, 6) is 0. The Hall–Kier alpha value is -0.970. The highest BCUT2D eigenvalue weighted by atomic mass is 16.5. The number of rotatable bonds is 5. The van der Waals surface area contributed by atoms with Crippen LogP contribution >= 0.6 is 0 Å². The normalized spacial score (nSPS) is 19.1. The topological polar surface area (TPSA) is 57.4 Å². The van der Waals surface area contributed by atoms with Gasteiger partial charge in [-0.3, -0.25) is 4.98 Å². The molecule has 1 saturated heterocycles. The van der Waals surface area contributed by atoms with E-state index in [4.69, 9.17) is 15.2 Å². The number of nitrogens with two attached hydrogens (primary N) is 1. The summed E-state index contributed by atoms with van der Waals surface area (Å²) in [6.45, 7) is 2.78. The van der Waals surface area contributed by atoms with Crippen LogP contribution in [0.2, 0.25) is 0 Å². The van der Waals surface area contributed by atoms with Gasteiger partial charge in [0.1, 0.15) is 0 Å². The molecule has 4 heteroatoms. The Morgan fingerprint density at radius 1 is 1.41 bits per heavy atom. The molecule has 1 fully saturated rings. The summed E-state index contributed by atoms with van der Waals surface area (Å²) in [5.41, 5.74) is 6.86. The first kappa shape index (κ1) is 12.5. The van der Waals surface area contributed by atoms with E-state index >= 15 is 0 Å². The molecule has 0 amide bonds. The van der Waals surface area contributed by atoms with Crippen molar-refractivity contribution >= 4 is 0 Å². The molecule has 1 aliphatic heterocycles. The molecular weight excluding hydrogens is 216 g/mol. The Balaban J connectivity index is 1.80. The van der Waals surface area contributed by atoms with Gasteiger partial charge in [0, 0.05) is 45.0 Å². The van der Waals surface area contributed by atoms with Crippen molar-refractivity contribution in [2.75, 3.05) is 26.4 Å². The van der Waals surface area contributed by atoms with Gasteiger partial charge >= 0.3 is 0 Å². The highest BCUT2D eigenvalue weighted by Gasteiger charge is 2.31. The molecule has 0 atom stereocenters. The van der Waals surface area contributed by atoms with E-state index in [2.05, 4.69) is 11.1 Å². The Bertz CT molecular complexity index is 323. The zero-order chi connectivity index (χ0) is 12.0. The molecule has 1 aromatic rings. The van der Waals surface area contributed by atoms with Crippen LogP contribution < -0.4 is 5.73 Å². The van der Waals surface area contributed by atoms with Gasteiger partial charge in [0.15, 0.2) is 0 Å². The highest BCUT2D eigenvalue weighted by Crippen LogP contribution is 2.24. The van der Waals surface area contributed by atoms with Crippen molar-refractivity contribution in [3.8, 4) is 0 Å². The Morgan fingerprint density at radius 2 is 2.24 bits per heavy atom. The fourth-order valence-electron chi connectivity index (χ4n) is 2.08. The van der Waals surface area contributed by atoms with Gasteiger partial charge in [-0.15, -0.1) is 0 Å². The van der Waals surface area contributed by atoms with Gasteiger partial charge in [0.25, 0.3) is 0 Å². The van der Waals surface area contributed by atoms with Crippen LogP contribution in [0, 0.1) is 0 Å². The van der Waals surface area contributed by atoms with Gasteiger partial charge < -0.3 is 15.2 Å². The quantitative estimate of drug-likeness (QED) is 0.833. The third-order valence-corrected chi connectivity index (χ3v) is 3.30. The first-order valence-corrected chi connectivity index (χ1v) is 6.15. The summed E-state index contributed by atoms with van der Waals surface area (Å²) in [5, 5.41) is 0. The smallest absolute Gasteiger partial charge is 0.0848 e. The summed E-state index contributed by atoms with van der Waals surface area (Å²) in [6, 6.07) is 4.01. The predicted octanol–water partition coefficient (Wildman–Crippen LogP) is 1.15. The molecule has 17 heavy (non-hydrogen) atoms. The van der Waals surface area contributed by atoms with Crippen molar-refractivity contribution in [2.45, 2.75) is 24.9 Å². The van der Waals surface area contributed by atoms with Crippen molar-refractivity contribution in [3.05, 3.63) is 30.1 Å². The third kappa shape index (κ3) is 3.49. The fourth-order valence-corrected chi connectivity index (χ4v) is 2.08. The van der Waals surface area contributed by atoms with E-state index in [1.54, 1.807) is 6.20 Å². The molecule has 0 radical (unpaired) electrons. The molecule has 1 aliphatic rings. The predicted molar refractivity (Wildman–Crippen MR) is 65.7 cm³/mol. The van der Waals surface area contributed by atoms with E-state index in [9.17, 15) is 0 Å². The van der Waals surface area contributed by atoms with Crippen molar-refractivity contribution in [3.63, 3.8) is 0 Å². The van der Waals surface area contributed by atoms with Crippen molar-refractivity contribution in [1.29, 1.82) is 0 Å². The number of hydrogen-bond donors (Lipinski definition) is 1. The van der Waals surface area contributed by atoms with E-state index < -0.39 is 0 Å². The minimum Gasteiger partial charge on any atom is -0.381 e. The van der Waals surface area contributed by atoms with Crippen LogP contribution in [0.3, 0.4) is 0 Å². The van der Waals surface area contributed by atoms with Gasteiger partial charge in [-0.2, -0.15) is 0 Å². The summed E-state index contributed by atoms with van der Waals surface area (Å²) in [7, 11) is 0. The van der Waals surface area contributed by atoms with E-state index in [-0.39, 0.29) is 5.60 Å². The average Bonchev–Trinajstić information content (AvgIpc) is 2.41. The van der Waals surface area contributed by atoms with Crippen LogP contribution in [0.15, 0.2) is 24.5 Å². The number of pyridine rings is 1. The molecule has 0 aliphatic carbocycles. The van der Waals surface area contributed by atoms with Crippen molar-refractivity contribution < 1.29 is 9.47 Å². The summed E-state index contributed by atoms with van der Waals surface area (Å²) >= 11 is 0. The molecule has 0 spiro atoms. The molecule has 94 valence electrons. The maximum atomic E-state index is 5.99. The molecule has 0 aromatic carbocycles. The lowest BCUT2D eigenvalue weighted by atomic mass is 9.94. The SMILES string of the molecule is NCC1(OCCc2cccnc2)CCOCC1. The average molecular weight is 236 g/mol. The van der Waals surface area contributed by atoms with E-state index in [0.717, 1.165) is 32.5 Å². The lowest BCUT2D eigenvalue weighted by Gasteiger charge is -2.36. The monoisotopic (exact) mass is 236 g/mol. The first-order chi connectivity index (χ1) is 8.35. The van der Waals surface area contributed by atoms with Crippen LogP contribution in [-0.2, 0) is 15.9 Å². The molecule has 2 heterocycles. The second-order valence-electron chi connectivity index (χ2n) is 4.46. The number of ether oxygens (including phenoxy) is 2. The standard InChI is InChI=1S/C13H20N2O2/c14-11-13(4-8-16-9-5-13)17-7-3-12-2-1-6-15-10-12/h1-2,6,10H,3-5,7-9,11,14H2. The van der Waals surface area contributed by atoms with E-state index in [0.29, 0.717) is 13.2 Å². The number of aromatic nitrogens is 1. The van der Waals surface area contributed by atoms with Gasteiger partial charge in [0.05, 0.1) is 12.2 Å². The van der Waals surface area contributed by atoms with E-state index in [1.807, 2.05) is 12.3 Å². The molecule has 1 aromatic heterocycles. The maximum Gasteiger partial charge on any atom is 0.0848 e. The Kier molecular flexibility index (Phi) is 4.48. The molecular formula is C13H20N2O2. The van der Waals surface area contributed by atoms with Gasteiger partial charge in [-0.25, -0.2) is 0 Å². The molecule has 0 bridgehead atoms. The summed E-state index contributed by atoms with van der Waals surface area (Å²) < 4.78 is 11.3. The van der Waals surface area contributed by atoms with Crippen LogP contribution in [0.1, 0.15) is 18.4 Å². The second-order valence-corrected chi connectivity index (χ2v) is 4.46. The molecule has 0 saturated carbocycles. The van der Waals surface area contributed by atoms with Gasteiger partial charge in [0.2, 0.25) is 0 Å². The zero-order valence-corrected chi connectivity index (χ0v) is 10.1. The molecule has 4 nitrogen and oxygen atoms in total. The van der Waals surface area contributed by atoms with Gasteiger partial charge in [-0.05, 0) is 18.1 Å². The largest absolute Gasteiger partial charge is 0.381 e. The number of nitrogens with zero attached hydrogens (tertiary/aromatic N) is 1. The van der Waals surface area contributed by atoms with Crippen LogP contribution in [0.25, 0.3) is 0 Å². The fraction of sp³-hybridized carbons (Fsp3) is 0.615. The van der Waals surface area contributed by atoms with Crippen LogP contribution in [-0.4, -0.2) is 37.0 Å². The third-order valence-electron chi connectivity index (χ3n) is 3.30. The number of hydrogen-bond acceptors (Lipinski definition) is 4. The van der Waals surface area contributed by atoms with Crippen LogP contribution in [0.4, 0.5) is 0 Å². The van der Waals surface area contributed by atoms with Crippen molar-refractivity contribution in [2.24, 2.45) is 5.73 Å². The Labute approximate surface area is 102 Å². The minimum absolute atomic E-state index is 0.166. The highest BCUT2D eigenvalue weighted by molar-refractivity contribution is 5.08. The second kappa shape index (κ2) is 6.10. The zero-order valence-electron chi connectivity index (χ0n) is 10.1. The molecule has 0 unspecified atom stereocenters. The first-order valence-electron chi connectivity index (χ1n) is 6.15.